The maximum absolute atomic E-state index is 13.1. The van der Waals surface area contributed by atoms with Crippen molar-refractivity contribution in [2.45, 2.75) is 12.6 Å². The van der Waals surface area contributed by atoms with Crippen LogP contribution in [-0.4, -0.2) is 46.9 Å². The Morgan fingerprint density at radius 2 is 1.77 bits per heavy atom. The number of nitro groups is 1. The van der Waals surface area contributed by atoms with Crippen LogP contribution in [0.5, 0.6) is 0 Å². The first kappa shape index (κ1) is 24.0. The number of hydrogen-bond donors (Lipinski definition) is 1. The monoisotopic (exact) mass is 485 g/mol. The van der Waals surface area contributed by atoms with E-state index in [1.165, 1.54) is 18.2 Å². The molecule has 0 unspecified atom stereocenters. The summed E-state index contributed by atoms with van der Waals surface area (Å²) in [5.74, 6) is 0.0564. The number of halogens is 3. The fourth-order valence-electron chi connectivity index (χ4n) is 3.87. The third kappa shape index (κ3) is 5.68. The molecule has 1 aliphatic rings. The number of anilines is 3. The van der Waals surface area contributed by atoms with E-state index in [-0.39, 0.29) is 22.8 Å². The molecule has 1 saturated heterocycles. The van der Waals surface area contributed by atoms with Crippen molar-refractivity contribution in [3.05, 3.63) is 88.1 Å². The second kappa shape index (κ2) is 10.00. The van der Waals surface area contributed by atoms with Crippen LogP contribution in [0.15, 0.2) is 66.9 Å². The van der Waals surface area contributed by atoms with Gasteiger partial charge in [-0.05, 0) is 42.8 Å². The minimum atomic E-state index is -4.46. The number of para-hydroxylation sites is 1. The van der Waals surface area contributed by atoms with E-state index in [1.54, 1.807) is 35.2 Å². The zero-order valence-electron chi connectivity index (χ0n) is 18.5. The molecule has 4 rings (SSSR count). The highest BCUT2D eigenvalue weighted by Gasteiger charge is 2.31. The topological polar surface area (TPSA) is 91.6 Å². The number of hydrogen-bond acceptors (Lipinski definition) is 6. The zero-order chi connectivity index (χ0) is 25.0. The van der Waals surface area contributed by atoms with Crippen LogP contribution in [0, 0.1) is 10.1 Å². The Morgan fingerprint density at radius 1 is 1.00 bits per heavy atom. The molecule has 0 atom stereocenters. The second-order valence-corrected chi connectivity index (χ2v) is 8.02. The molecule has 1 N–H and O–H groups in total. The summed E-state index contributed by atoms with van der Waals surface area (Å²) >= 11 is 0. The summed E-state index contributed by atoms with van der Waals surface area (Å²) in [5.41, 5.74) is 0.105. The molecule has 1 amide bonds. The van der Waals surface area contributed by atoms with Crippen LogP contribution in [-0.2, 0) is 6.18 Å². The van der Waals surface area contributed by atoms with E-state index in [0.717, 1.165) is 12.3 Å². The predicted octanol–water partition coefficient (Wildman–Crippen LogP) is 5.10. The van der Waals surface area contributed by atoms with Crippen molar-refractivity contribution >= 4 is 28.8 Å². The van der Waals surface area contributed by atoms with Crippen LogP contribution in [0.4, 0.5) is 36.1 Å². The minimum Gasteiger partial charge on any atom is -0.355 e. The molecule has 0 spiro atoms. The van der Waals surface area contributed by atoms with Crippen molar-refractivity contribution in [1.82, 2.24) is 9.88 Å². The van der Waals surface area contributed by atoms with E-state index < -0.39 is 16.7 Å². The van der Waals surface area contributed by atoms with Gasteiger partial charge in [0.1, 0.15) is 11.5 Å². The summed E-state index contributed by atoms with van der Waals surface area (Å²) in [5, 5.41) is 14.7. The van der Waals surface area contributed by atoms with Crippen LogP contribution in [0.3, 0.4) is 0 Å². The first-order chi connectivity index (χ1) is 16.7. The van der Waals surface area contributed by atoms with Crippen molar-refractivity contribution in [1.29, 1.82) is 0 Å². The van der Waals surface area contributed by atoms with Gasteiger partial charge in [-0.25, -0.2) is 4.98 Å². The van der Waals surface area contributed by atoms with Gasteiger partial charge >= 0.3 is 6.18 Å². The number of rotatable bonds is 5. The van der Waals surface area contributed by atoms with Crippen LogP contribution < -0.4 is 10.2 Å². The Balaban J connectivity index is 1.46. The maximum atomic E-state index is 13.1. The number of amides is 1. The largest absolute Gasteiger partial charge is 0.417 e. The Bertz CT molecular complexity index is 1200. The lowest BCUT2D eigenvalue weighted by atomic mass is 10.1. The van der Waals surface area contributed by atoms with Gasteiger partial charge in [-0.3, -0.25) is 14.9 Å². The third-order valence-corrected chi connectivity index (χ3v) is 5.68. The van der Waals surface area contributed by atoms with Crippen molar-refractivity contribution in [2.75, 3.05) is 36.4 Å². The molecule has 0 radical (unpaired) electrons. The molecule has 1 fully saturated rings. The number of nitrogens with one attached hydrogen (secondary N) is 1. The molecule has 0 saturated carbocycles. The minimum absolute atomic E-state index is 0.191. The number of nitro benzene ring substituents is 1. The van der Waals surface area contributed by atoms with Crippen LogP contribution in [0.1, 0.15) is 22.3 Å². The summed E-state index contributed by atoms with van der Waals surface area (Å²) in [6.45, 7) is 1.61. The normalized spacial score (nSPS) is 14.4. The van der Waals surface area contributed by atoms with Gasteiger partial charge in [0.05, 0.1) is 10.5 Å². The number of pyridine rings is 1. The standard InChI is InChI=1S/C24H22F3N5O3/c25-24(26,27)18-8-10-22(28-16-18)30-11-4-12-31(14-13-30)23(33)17-7-9-20(21(15-17)32(34)35)29-19-5-2-1-3-6-19/h1-3,5-10,15-16,29H,4,11-14H2. The summed E-state index contributed by atoms with van der Waals surface area (Å²) in [4.78, 5) is 31.6. The fraction of sp³-hybridized carbons (Fsp3) is 0.250. The average Bonchev–Trinajstić information content (AvgIpc) is 3.10. The van der Waals surface area contributed by atoms with E-state index in [4.69, 9.17) is 0 Å². The Hall–Kier alpha value is -4.15. The lowest BCUT2D eigenvalue weighted by Crippen LogP contribution is -2.35. The second-order valence-electron chi connectivity index (χ2n) is 8.02. The van der Waals surface area contributed by atoms with Gasteiger partial charge in [0.2, 0.25) is 0 Å². The van der Waals surface area contributed by atoms with E-state index in [9.17, 15) is 28.1 Å². The molecule has 182 valence electrons. The van der Waals surface area contributed by atoms with Crippen molar-refractivity contribution in [3.63, 3.8) is 0 Å². The quantitative estimate of drug-likeness (QED) is 0.399. The van der Waals surface area contributed by atoms with E-state index in [1.807, 2.05) is 11.0 Å². The number of carbonyl (C=O) groups is 1. The van der Waals surface area contributed by atoms with Gasteiger partial charge < -0.3 is 15.1 Å². The van der Waals surface area contributed by atoms with Crippen LogP contribution >= 0.6 is 0 Å². The number of alkyl halides is 3. The van der Waals surface area contributed by atoms with Crippen LogP contribution in [0.25, 0.3) is 0 Å². The van der Waals surface area contributed by atoms with Gasteiger partial charge in [0.25, 0.3) is 11.6 Å². The lowest BCUT2D eigenvalue weighted by molar-refractivity contribution is -0.383. The number of aromatic nitrogens is 1. The highest BCUT2D eigenvalue weighted by atomic mass is 19.4. The maximum Gasteiger partial charge on any atom is 0.417 e. The highest BCUT2D eigenvalue weighted by Crippen LogP contribution is 2.31. The Labute approximate surface area is 199 Å². The van der Waals surface area contributed by atoms with Crippen LogP contribution in [0.2, 0.25) is 0 Å². The predicted molar refractivity (Wildman–Crippen MR) is 125 cm³/mol. The molecule has 2 heterocycles. The summed E-state index contributed by atoms with van der Waals surface area (Å²) in [7, 11) is 0. The summed E-state index contributed by atoms with van der Waals surface area (Å²) in [6.07, 6.45) is -3.08. The molecule has 35 heavy (non-hydrogen) atoms. The fourth-order valence-corrected chi connectivity index (χ4v) is 3.87. The average molecular weight is 485 g/mol. The molecule has 0 aliphatic carbocycles. The third-order valence-electron chi connectivity index (χ3n) is 5.68. The molecule has 3 aromatic rings. The van der Waals surface area contributed by atoms with Crippen molar-refractivity contribution in [3.8, 4) is 0 Å². The van der Waals surface area contributed by atoms with Gasteiger partial charge in [-0.1, -0.05) is 18.2 Å². The lowest BCUT2D eigenvalue weighted by Gasteiger charge is -2.23. The van der Waals surface area contributed by atoms with Gasteiger partial charge in [-0.15, -0.1) is 0 Å². The van der Waals surface area contributed by atoms with Gasteiger partial charge in [0, 0.05) is 49.7 Å². The van der Waals surface area contributed by atoms with E-state index in [0.29, 0.717) is 44.1 Å². The molecular weight excluding hydrogens is 463 g/mol. The summed E-state index contributed by atoms with van der Waals surface area (Å²) in [6, 6.07) is 15.6. The zero-order valence-corrected chi connectivity index (χ0v) is 18.5. The van der Waals surface area contributed by atoms with Gasteiger partial charge in [0.15, 0.2) is 0 Å². The SMILES string of the molecule is O=C(c1ccc(Nc2ccccc2)c([N+](=O)[O-])c1)N1CCCN(c2ccc(C(F)(F)F)cn2)CC1. The molecule has 1 aromatic heterocycles. The molecular formula is C24H22F3N5O3. The first-order valence-corrected chi connectivity index (χ1v) is 10.9. The number of benzene rings is 2. The number of nitrogens with zero attached hydrogens (tertiary/aromatic N) is 4. The Morgan fingerprint density at radius 3 is 2.43 bits per heavy atom. The first-order valence-electron chi connectivity index (χ1n) is 10.9. The van der Waals surface area contributed by atoms with E-state index >= 15 is 0 Å². The molecule has 2 aromatic carbocycles. The molecule has 8 nitrogen and oxygen atoms in total. The van der Waals surface area contributed by atoms with E-state index in [2.05, 4.69) is 10.3 Å². The van der Waals surface area contributed by atoms with Crippen molar-refractivity contribution in [2.24, 2.45) is 0 Å². The highest BCUT2D eigenvalue weighted by molar-refractivity contribution is 5.96. The van der Waals surface area contributed by atoms with Gasteiger partial charge in [-0.2, -0.15) is 13.2 Å². The molecule has 1 aliphatic heterocycles. The summed E-state index contributed by atoms with van der Waals surface area (Å²) < 4.78 is 38.4. The molecule has 0 bridgehead atoms. The Kier molecular flexibility index (Phi) is 6.85. The molecule has 11 heteroatoms. The van der Waals surface area contributed by atoms with Crippen molar-refractivity contribution < 1.29 is 22.9 Å². The number of carbonyl (C=O) groups excluding carboxylic acids is 1. The smallest absolute Gasteiger partial charge is 0.355 e.